The molecule has 3 heteroatoms. The summed E-state index contributed by atoms with van der Waals surface area (Å²) in [5.74, 6) is 0. The topological polar surface area (TPSA) is 25.8 Å². The fraction of sp³-hybridized carbons (Fsp3) is 0. The lowest BCUT2D eigenvalue weighted by Crippen LogP contribution is -1.92. The Kier molecular flexibility index (Phi) is 3.79. The molecule has 3 aromatic carbocycles. The van der Waals surface area contributed by atoms with Crippen molar-refractivity contribution < 1.29 is 0 Å². The minimum Gasteiger partial charge on any atom is -0.236 e. The zero-order valence-electron chi connectivity index (χ0n) is 12.3. The summed E-state index contributed by atoms with van der Waals surface area (Å²) in [5, 5.41) is 1.10. The second-order valence-corrected chi connectivity index (χ2v) is 6.43. The summed E-state index contributed by atoms with van der Waals surface area (Å²) in [6, 6.07) is 24.9. The Bertz CT molecular complexity index is 976. The first kappa shape index (κ1) is 14.3. The van der Waals surface area contributed by atoms with Crippen LogP contribution in [0.15, 0.2) is 79.1 Å². The number of benzene rings is 3. The second-order valence-electron chi connectivity index (χ2n) is 5.27. The highest BCUT2D eigenvalue weighted by Gasteiger charge is 2.13. The summed E-state index contributed by atoms with van der Waals surface area (Å²) in [4.78, 5) is 9.05. The Balaban J connectivity index is 2.09. The van der Waals surface area contributed by atoms with Crippen LogP contribution < -0.4 is 0 Å². The van der Waals surface area contributed by atoms with Gasteiger partial charge in [0.05, 0.1) is 11.2 Å². The van der Waals surface area contributed by atoms with E-state index >= 15 is 0 Å². The van der Waals surface area contributed by atoms with Crippen LogP contribution in [0.5, 0.6) is 0 Å². The van der Waals surface area contributed by atoms with E-state index in [0.717, 1.165) is 22.2 Å². The molecule has 0 saturated heterocycles. The molecule has 2 nitrogen and oxygen atoms in total. The fourth-order valence-electron chi connectivity index (χ4n) is 2.83. The molecule has 0 aliphatic heterocycles. The third-order valence-corrected chi connectivity index (χ3v) is 4.81. The van der Waals surface area contributed by atoms with Crippen molar-refractivity contribution in [3.05, 3.63) is 82.7 Å². The SMILES string of the molecule is Ic1ccccc1-c1cccc2ncnc(-c3ccccc3)c12. The molecule has 4 aromatic rings. The van der Waals surface area contributed by atoms with E-state index in [2.05, 4.69) is 81.1 Å². The molecule has 0 N–H and O–H groups in total. The molecule has 0 fully saturated rings. The van der Waals surface area contributed by atoms with Crippen molar-refractivity contribution >= 4 is 33.5 Å². The zero-order valence-corrected chi connectivity index (χ0v) is 14.4. The molecule has 0 amide bonds. The van der Waals surface area contributed by atoms with E-state index in [9.17, 15) is 0 Å². The van der Waals surface area contributed by atoms with Gasteiger partial charge in [0.1, 0.15) is 6.33 Å². The third kappa shape index (κ3) is 2.61. The zero-order chi connectivity index (χ0) is 15.6. The van der Waals surface area contributed by atoms with Gasteiger partial charge in [0.15, 0.2) is 0 Å². The Labute approximate surface area is 148 Å². The lowest BCUT2D eigenvalue weighted by atomic mass is 9.97. The van der Waals surface area contributed by atoms with E-state index in [1.54, 1.807) is 6.33 Å². The summed E-state index contributed by atoms with van der Waals surface area (Å²) in [6.45, 7) is 0. The first-order valence-electron chi connectivity index (χ1n) is 7.38. The lowest BCUT2D eigenvalue weighted by Gasteiger charge is -2.12. The van der Waals surface area contributed by atoms with Crippen LogP contribution in [0.25, 0.3) is 33.3 Å². The van der Waals surface area contributed by atoms with Gasteiger partial charge in [-0.05, 0) is 45.9 Å². The van der Waals surface area contributed by atoms with E-state index in [4.69, 9.17) is 0 Å². The number of hydrogen-bond acceptors (Lipinski definition) is 2. The minimum atomic E-state index is 0.969. The van der Waals surface area contributed by atoms with Gasteiger partial charge in [0, 0.05) is 14.5 Å². The first-order valence-corrected chi connectivity index (χ1v) is 8.46. The van der Waals surface area contributed by atoms with Crippen LogP contribution in [0, 0.1) is 3.57 Å². The van der Waals surface area contributed by atoms with Crippen LogP contribution in [0.1, 0.15) is 0 Å². The Hall–Kier alpha value is -2.27. The Morgan fingerprint density at radius 3 is 2.22 bits per heavy atom. The van der Waals surface area contributed by atoms with Crippen LogP contribution in [-0.2, 0) is 0 Å². The van der Waals surface area contributed by atoms with Gasteiger partial charge in [-0.3, -0.25) is 0 Å². The molecular weight excluding hydrogens is 395 g/mol. The summed E-state index contributed by atoms with van der Waals surface area (Å²) < 4.78 is 1.22. The van der Waals surface area contributed by atoms with E-state index in [1.165, 1.54) is 14.7 Å². The van der Waals surface area contributed by atoms with Crippen molar-refractivity contribution in [1.29, 1.82) is 0 Å². The molecule has 23 heavy (non-hydrogen) atoms. The maximum atomic E-state index is 4.58. The number of halogens is 1. The summed E-state index contributed by atoms with van der Waals surface area (Å²) >= 11 is 2.38. The van der Waals surface area contributed by atoms with Gasteiger partial charge < -0.3 is 0 Å². The number of nitrogens with zero attached hydrogens (tertiary/aromatic N) is 2. The number of rotatable bonds is 2. The molecule has 0 aliphatic rings. The second kappa shape index (κ2) is 6.08. The monoisotopic (exact) mass is 408 g/mol. The van der Waals surface area contributed by atoms with Crippen LogP contribution in [0.4, 0.5) is 0 Å². The maximum absolute atomic E-state index is 4.58. The van der Waals surface area contributed by atoms with Crippen molar-refractivity contribution in [1.82, 2.24) is 9.97 Å². The molecule has 0 atom stereocenters. The van der Waals surface area contributed by atoms with Gasteiger partial charge in [-0.1, -0.05) is 60.7 Å². The molecule has 110 valence electrons. The van der Waals surface area contributed by atoms with Crippen LogP contribution >= 0.6 is 22.6 Å². The average molecular weight is 408 g/mol. The van der Waals surface area contributed by atoms with Crippen molar-refractivity contribution in [2.45, 2.75) is 0 Å². The summed E-state index contributed by atoms with van der Waals surface area (Å²) in [7, 11) is 0. The highest BCUT2D eigenvalue weighted by molar-refractivity contribution is 14.1. The summed E-state index contributed by atoms with van der Waals surface area (Å²) in [5.41, 5.74) is 5.44. The highest BCUT2D eigenvalue weighted by atomic mass is 127. The number of aromatic nitrogens is 2. The van der Waals surface area contributed by atoms with Crippen LogP contribution in [-0.4, -0.2) is 9.97 Å². The first-order chi connectivity index (χ1) is 11.3. The number of fused-ring (bicyclic) bond motifs is 1. The largest absolute Gasteiger partial charge is 0.236 e. The van der Waals surface area contributed by atoms with Gasteiger partial charge in [-0.15, -0.1) is 0 Å². The molecule has 1 heterocycles. The maximum Gasteiger partial charge on any atom is 0.116 e. The van der Waals surface area contributed by atoms with Gasteiger partial charge in [0.25, 0.3) is 0 Å². The molecule has 0 radical (unpaired) electrons. The van der Waals surface area contributed by atoms with Crippen molar-refractivity contribution in [2.75, 3.05) is 0 Å². The Morgan fingerprint density at radius 1 is 0.652 bits per heavy atom. The van der Waals surface area contributed by atoms with Crippen molar-refractivity contribution in [3.63, 3.8) is 0 Å². The smallest absolute Gasteiger partial charge is 0.116 e. The minimum absolute atomic E-state index is 0.969. The normalized spacial score (nSPS) is 10.8. The number of hydrogen-bond donors (Lipinski definition) is 0. The average Bonchev–Trinajstić information content (AvgIpc) is 2.62. The molecule has 1 aromatic heterocycles. The van der Waals surface area contributed by atoms with E-state index in [-0.39, 0.29) is 0 Å². The predicted octanol–water partition coefficient (Wildman–Crippen LogP) is 5.57. The quantitative estimate of drug-likeness (QED) is 0.406. The molecule has 4 rings (SSSR count). The lowest BCUT2D eigenvalue weighted by molar-refractivity contribution is 1.22. The molecular formula is C20H13IN2. The van der Waals surface area contributed by atoms with Crippen molar-refractivity contribution in [2.24, 2.45) is 0 Å². The van der Waals surface area contributed by atoms with Crippen LogP contribution in [0.3, 0.4) is 0 Å². The van der Waals surface area contributed by atoms with Crippen LogP contribution in [0.2, 0.25) is 0 Å². The molecule has 0 unspecified atom stereocenters. The summed E-state index contributed by atoms with van der Waals surface area (Å²) in [6.07, 6.45) is 1.64. The van der Waals surface area contributed by atoms with E-state index < -0.39 is 0 Å². The van der Waals surface area contributed by atoms with Gasteiger partial charge in [-0.25, -0.2) is 9.97 Å². The van der Waals surface area contributed by atoms with Crippen molar-refractivity contribution in [3.8, 4) is 22.4 Å². The molecule has 0 spiro atoms. The Morgan fingerprint density at radius 2 is 1.39 bits per heavy atom. The van der Waals surface area contributed by atoms with Gasteiger partial charge >= 0.3 is 0 Å². The standard InChI is InChI=1S/C20H13IN2/c21-17-11-5-4-9-15(17)16-10-6-12-18-19(16)20(23-13-22-18)14-7-2-1-3-8-14/h1-13H. The predicted molar refractivity (Wildman–Crippen MR) is 103 cm³/mol. The highest BCUT2D eigenvalue weighted by Crippen LogP contribution is 2.35. The third-order valence-electron chi connectivity index (χ3n) is 3.87. The fourth-order valence-corrected chi connectivity index (χ4v) is 3.51. The van der Waals surface area contributed by atoms with E-state index in [1.807, 2.05) is 24.3 Å². The van der Waals surface area contributed by atoms with Gasteiger partial charge in [0.2, 0.25) is 0 Å². The molecule has 0 saturated carbocycles. The molecule has 0 aliphatic carbocycles. The molecule has 0 bridgehead atoms. The van der Waals surface area contributed by atoms with Gasteiger partial charge in [-0.2, -0.15) is 0 Å². The van der Waals surface area contributed by atoms with E-state index in [0.29, 0.717) is 0 Å².